The molecule has 6 unspecified atom stereocenters. The summed E-state index contributed by atoms with van der Waals surface area (Å²) in [6, 6.07) is -0.319. The average Bonchev–Trinajstić information content (AvgIpc) is 3.30. The Labute approximate surface area is 180 Å². The largest absolute Gasteiger partial charge is 0.392 e. The van der Waals surface area contributed by atoms with Crippen LogP contribution in [-0.2, 0) is 4.79 Å². The van der Waals surface area contributed by atoms with Gasteiger partial charge in [-0.1, -0.05) is 12.8 Å². The topological polar surface area (TPSA) is 47.6 Å². The van der Waals surface area contributed by atoms with Crippen LogP contribution < -0.4 is 10.9 Å². The maximum atomic E-state index is 15.7. The highest BCUT2D eigenvalue weighted by atomic mass is 19.4. The Morgan fingerprint density at radius 3 is 2.45 bits per heavy atom. The Balaban J connectivity index is 1.46. The predicted octanol–water partition coefficient (Wildman–Crippen LogP) is 3.37. The molecule has 0 radical (unpaired) electrons. The van der Waals surface area contributed by atoms with Crippen LogP contribution >= 0.6 is 0 Å². The SMILES string of the molecule is CN1CNNC1[C@@H](F)[C@](C)(F)C1CCCC(N2CC3C(CCCC3C(F)(F)F)C2=O)C1. The van der Waals surface area contributed by atoms with E-state index in [1.54, 1.807) is 16.8 Å². The van der Waals surface area contributed by atoms with Crippen LogP contribution in [0.3, 0.4) is 0 Å². The van der Waals surface area contributed by atoms with E-state index in [1.165, 1.54) is 6.92 Å². The first-order valence-electron chi connectivity index (χ1n) is 11.4. The van der Waals surface area contributed by atoms with E-state index < -0.39 is 47.9 Å². The second kappa shape index (κ2) is 8.41. The number of nitrogens with one attached hydrogen (secondary N) is 2. The van der Waals surface area contributed by atoms with Gasteiger partial charge < -0.3 is 4.90 Å². The summed E-state index contributed by atoms with van der Waals surface area (Å²) < 4.78 is 71.5. The minimum absolute atomic E-state index is 0.0705. The van der Waals surface area contributed by atoms with Crippen LogP contribution in [0.4, 0.5) is 22.0 Å². The van der Waals surface area contributed by atoms with Gasteiger partial charge in [0.1, 0.15) is 11.8 Å². The summed E-state index contributed by atoms with van der Waals surface area (Å²) in [5.41, 5.74) is 3.46. The summed E-state index contributed by atoms with van der Waals surface area (Å²) in [7, 11) is 1.70. The minimum atomic E-state index is -4.30. The zero-order chi connectivity index (χ0) is 22.6. The molecule has 4 fully saturated rings. The molecule has 2 aliphatic heterocycles. The number of hydrogen-bond donors (Lipinski definition) is 2. The van der Waals surface area contributed by atoms with Crippen molar-refractivity contribution in [3.8, 4) is 0 Å². The quantitative estimate of drug-likeness (QED) is 0.643. The van der Waals surface area contributed by atoms with E-state index in [2.05, 4.69) is 10.9 Å². The van der Waals surface area contributed by atoms with Crippen molar-refractivity contribution in [2.45, 2.75) is 82.1 Å². The number of carbonyl (C=O) groups is 1. The molecule has 0 aromatic carbocycles. The van der Waals surface area contributed by atoms with E-state index in [0.717, 1.165) is 0 Å². The summed E-state index contributed by atoms with van der Waals surface area (Å²) in [4.78, 5) is 16.3. The van der Waals surface area contributed by atoms with Gasteiger partial charge in [0.05, 0.1) is 12.6 Å². The van der Waals surface area contributed by atoms with Gasteiger partial charge >= 0.3 is 6.18 Å². The smallest absolute Gasteiger partial charge is 0.339 e. The fourth-order valence-electron chi connectivity index (χ4n) is 6.37. The molecular formula is C21H33F5N4O. The maximum absolute atomic E-state index is 15.7. The molecule has 4 rings (SSSR count). The van der Waals surface area contributed by atoms with Gasteiger partial charge in [-0.05, 0) is 57.9 Å². The Morgan fingerprint density at radius 2 is 1.81 bits per heavy atom. The first-order chi connectivity index (χ1) is 14.5. The summed E-state index contributed by atoms with van der Waals surface area (Å²) in [6.45, 7) is 1.77. The molecule has 2 heterocycles. The lowest BCUT2D eigenvalue weighted by molar-refractivity contribution is -0.198. The van der Waals surface area contributed by atoms with E-state index in [-0.39, 0.29) is 24.9 Å². The van der Waals surface area contributed by atoms with E-state index >= 15 is 8.78 Å². The molecule has 31 heavy (non-hydrogen) atoms. The summed E-state index contributed by atoms with van der Waals surface area (Å²) in [6.07, 6.45) is -3.84. The van der Waals surface area contributed by atoms with Gasteiger partial charge in [-0.15, -0.1) is 0 Å². The van der Waals surface area contributed by atoms with Crippen molar-refractivity contribution in [2.24, 2.45) is 23.7 Å². The van der Waals surface area contributed by atoms with Gasteiger partial charge in [0.25, 0.3) is 0 Å². The number of fused-ring (bicyclic) bond motifs is 1. The summed E-state index contributed by atoms with van der Waals surface area (Å²) in [5, 5.41) is 0. The van der Waals surface area contributed by atoms with Crippen LogP contribution in [-0.4, -0.2) is 66.2 Å². The minimum Gasteiger partial charge on any atom is -0.339 e. The highest BCUT2D eigenvalue weighted by Crippen LogP contribution is 2.50. The predicted molar refractivity (Wildman–Crippen MR) is 105 cm³/mol. The van der Waals surface area contributed by atoms with Crippen molar-refractivity contribution in [1.29, 1.82) is 0 Å². The molecule has 0 bridgehead atoms. The molecule has 178 valence electrons. The molecular weight excluding hydrogens is 419 g/mol. The summed E-state index contributed by atoms with van der Waals surface area (Å²) in [5.74, 6) is -3.56. The number of nitrogens with zero attached hydrogens (tertiary/aromatic N) is 2. The molecule has 1 amide bonds. The van der Waals surface area contributed by atoms with Crippen LogP contribution in [0.25, 0.3) is 0 Å². The van der Waals surface area contributed by atoms with Crippen LogP contribution in [0, 0.1) is 23.7 Å². The first kappa shape index (κ1) is 23.2. The number of halogens is 5. The average molecular weight is 453 g/mol. The molecule has 2 saturated heterocycles. The maximum Gasteiger partial charge on any atom is 0.392 e. The standard InChI is InChI=1S/C21H33F5N4O/c1-20(23,17(22)18-28-27-11-29(18)2)12-5-3-6-13(9-12)30-10-15-14(19(30)31)7-4-8-16(15)21(24,25)26/h12-18,27-28H,3-11H2,1-2H3/t12?,13?,14?,15?,16?,17-,18?,20-/m1/s1. The molecule has 5 nitrogen and oxygen atoms in total. The Kier molecular flexibility index (Phi) is 6.28. The second-order valence-corrected chi connectivity index (χ2v) is 10.1. The highest BCUT2D eigenvalue weighted by Gasteiger charge is 2.56. The van der Waals surface area contributed by atoms with Gasteiger partial charge in [-0.3, -0.25) is 9.69 Å². The monoisotopic (exact) mass is 452 g/mol. The lowest BCUT2D eigenvalue weighted by atomic mass is 9.73. The van der Waals surface area contributed by atoms with Gasteiger partial charge in [0.2, 0.25) is 5.91 Å². The molecule has 2 aliphatic carbocycles. The van der Waals surface area contributed by atoms with Crippen LogP contribution in [0.2, 0.25) is 0 Å². The third-order valence-electron chi connectivity index (χ3n) is 8.25. The number of carbonyl (C=O) groups excluding carboxylic acids is 1. The first-order valence-corrected chi connectivity index (χ1v) is 11.4. The van der Waals surface area contributed by atoms with Gasteiger partial charge in [0, 0.05) is 18.5 Å². The van der Waals surface area contributed by atoms with Gasteiger partial charge in [-0.2, -0.15) is 13.2 Å². The number of rotatable bonds is 4. The van der Waals surface area contributed by atoms with E-state index in [1.807, 2.05) is 0 Å². The van der Waals surface area contributed by atoms with E-state index in [0.29, 0.717) is 45.2 Å². The van der Waals surface area contributed by atoms with Crippen molar-refractivity contribution >= 4 is 5.91 Å². The van der Waals surface area contributed by atoms with Crippen LogP contribution in [0.5, 0.6) is 0 Å². The lowest BCUT2D eigenvalue weighted by Crippen LogP contribution is -2.56. The van der Waals surface area contributed by atoms with Crippen molar-refractivity contribution in [1.82, 2.24) is 20.7 Å². The molecule has 0 aromatic rings. The molecule has 4 aliphatic rings. The number of hydrazine groups is 1. The van der Waals surface area contributed by atoms with Crippen molar-refractivity contribution in [2.75, 3.05) is 20.3 Å². The third kappa shape index (κ3) is 4.19. The fourth-order valence-corrected chi connectivity index (χ4v) is 6.37. The second-order valence-electron chi connectivity index (χ2n) is 10.1. The lowest BCUT2D eigenvalue weighted by Gasteiger charge is -2.43. The third-order valence-corrected chi connectivity index (χ3v) is 8.25. The zero-order valence-electron chi connectivity index (χ0n) is 18.1. The fraction of sp³-hybridized carbons (Fsp3) is 0.952. The Morgan fingerprint density at radius 1 is 1.10 bits per heavy atom. The molecule has 10 heteroatoms. The molecule has 2 N–H and O–H groups in total. The van der Waals surface area contributed by atoms with E-state index in [9.17, 15) is 18.0 Å². The Bertz CT molecular complexity index is 675. The van der Waals surface area contributed by atoms with E-state index in [4.69, 9.17) is 0 Å². The summed E-state index contributed by atoms with van der Waals surface area (Å²) >= 11 is 0. The zero-order valence-corrected chi connectivity index (χ0v) is 18.1. The van der Waals surface area contributed by atoms with Crippen molar-refractivity contribution < 1.29 is 26.7 Å². The molecule has 2 saturated carbocycles. The highest BCUT2D eigenvalue weighted by molar-refractivity contribution is 5.82. The number of amides is 1. The normalized spacial score (nSPS) is 40.6. The van der Waals surface area contributed by atoms with Crippen LogP contribution in [0.15, 0.2) is 0 Å². The molecule has 8 atom stereocenters. The van der Waals surface area contributed by atoms with Crippen LogP contribution in [0.1, 0.15) is 51.9 Å². The molecule has 0 aromatic heterocycles. The number of hydrogen-bond acceptors (Lipinski definition) is 4. The Hall–Kier alpha value is -1.00. The number of alkyl halides is 5. The van der Waals surface area contributed by atoms with Crippen molar-refractivity contribution in [3.05, 3.63) is 0 Å². The van der Waals surface area contributed by atoms with Gasteiger partial charge in [-0.25, -0.2) is 19.6 Å². The number of likely N-dealkylation sites (tertiary alicyclic amines) is 1. The molecule has 0 spiro atoms. The van der Waals surface area contributed by atoms with Crippen molar-refractivity contribution in [3.63, 3.8) is 0 Å². The van der Waals surface area contributed by atoms with Gasteiger partial charge in [0.15, 0.2) is 6.17 Å².